The lowest BCUT2D eigenvalue weighted by atomic mass is 10.3. The Kier molecular flexibility index (Phi) is 5.25. The van der Waals surface area contributed by atoms with Crippen LogP contribution in [0.1, 0.15) is 6.92 Å². The van der Waals surface area contributed by atoms with Crippen LogP contribution in [-0.4, -0.2) is 26.0 Å². The van der Waals surface area contributed by atoms with E-state index in [1.807, 2.05) is 30.3 Å². The Morgan fingerprint density at radius 2 is 1.93 bits per heavy atom. The van der Waals surface area contributed by atoms with Crippen LogP contribution in [0.2, 0.25) is 0 Å². The molecular formula is C11H14O4. The van der Waals surface area contributed by atoms with Gasteiger partial charge in [-0.25, -0.2) is 0 Å². The highest BCUT2D eigenvalue weighted by Crippen LogP contribution is 2.07. The lowest BCUT2D eigenvalue weighted by molar-refractivity contribution is -0.154. The Morgan fingerprint density at radius 1 is 1.20 bits per heavy atom. The van der Waals surface area contributed by atoms with Crippen molar-refractivity contribution in [2.75, 3.05) is 20.0 Å². The summed E-state index contributed by atoms with van der Waals surface area (Å²) in [5.41, 5.74) is 0. The quantitative estimate of drug-likeness (QED) is 0.406. The first-order chi connectivity index (χ1) is 7.29. The van der Waals surface area contributed by atoms with Gasteiger partial charge in [0.15, 0.2) is 6.79 Å². The van der Waals surface area contributed by atoms with E-state index in [-0.39, 0.29) is 12.8 Å². The van der Waals surface area contributed by atoms with Gasteiger partial charge in [-0.3, -0.25) is 4.79 Å². The molecule has 0 amide bonds. The fourth-order valence-corrected chi connectivity index (χ4v) is 0.919. The smallest absolute Gasteiger partial charge is 0.304 e. The molecule has 82 valence electrons. The molecule has 4 nitrogen and oxygen atoms in total. The predicted octanol–water partition coefficient (Wildman–Crippen LogP) is 1.60. The van der Waals surface area contributed by atoms with Crippen LogP contribution in [0.5, 0.6) is 5.75 Å². The number of carbonyl (C=O) groups excluding carboxylic acids is 1. The molecule has 4 heteroatoms. The molecule has 15 heavy (non-hydrogen) atoms. The van der Waals surface area contributed by atoms with E-state index < -0.39 is 0 Å². The molecule has 0 atom stereocenters. The van der Waals surface area contributed by atoms with Crippen molar-refractivity contribution in [2.24, 2.45) is 0 Å². The van der Waals surface area contributed by atoms with Crippen LogP contribution in [0.3, 0.4) is 0 Å². The monoisotopic (exact) mass is 210 g/mol. The van der Waals surface area contributed by atoms with E-state index in [0.29, 0.717) is 13.2 Å². The lowest BCUT2D eigenvalue weighted by Crippen LogP contribution is -2.10. The maximum atomic E-state index is 10.4. The second-order valence-corrected chi connectivity index (χ2v) is 2.82. The SMILES string of the molecule is CC(=O)OCOCCOc1ccccc1. The third kappa shape index (κ3) is 5.70. The third-order valence-electron chi connectivity index (χ3n) is 1.59. The van der Waals surface area contributed by atoms with Gasteiger partial charge in [0, 0.05) is 6.92 Å². The summed E-state index contributed by atoms with van der Waals surface area (Å²) in [5.74, 6) is 0.451. The number of esters is 1. The number of benzene rings is 1. The number of hydrogen-bond donors (Lipinski definition) is 0. The molecule has 0 fully saturated rings. The predicted molar refractivity (Wildman–Crippen MR) is 54.5 cm³/mol. The molecule has 1 aromatic rings. The Balaban J connectivity index is 2.00. The van der Waals surface area contributed by atoms with Gasteiger partial charge in [-0.05, 0) is 12.1 Å². The highest BCUT2D eigenvalue weighted by Gasteiger charge is 1.93. The Hall–Kier alpha value is -1.55. The lowest BCUT2D eigenvalue weighted by Gasteiger charge is -2.06. The largest absolute Gasteiger partial charge is 0.491 e. The number of carbonyl (C=O) groups is 1. The van der Waals surface area contributed by atoms with Crippen molar-refractivity contribution in [3.05, 3.63) is 30.3 Å². The maximum Gasteiger partial charge on any atom is 0.304 e. The first-order valence-corrected chi connectivity index (χ1v) is 4.68. The van der Waals surface area contributed by atoms with Gasteiger partial charge in [0.1, 0.15) is 12.4 Å². The van der Waals surface area contributed by atoms with Gasteiger partial charge in [-0.2, -0.15) is 0 Å². The van der Waals surface area contributed by atoms with Gasteiger partial charge in [-0.1, -0.05) is 18.2 Å². The van der Waals surface area contributed by atoms with Crippen LogP contribution >= 0.6 is 0 Å². The van der Waals surface area contributed by atoms with Crippen LogP contribution in [0.15, 0.2) is 30.3 Å². The summed E-state index contributed by atoms with van der Waals surface area (Å²) in [4.78, 5) is 10.4. The molecule has 0 aliphatic carbocycles. The summed E-state index contributed by atoms with van der Waals surface area (Å²) in [6, 6.07) is 9.45. The molecule has 0 aromatic heterocycles. The minimum atomic E-state index is -0.348. The average molecular weight is 210 g/mol. The van der Waals surface area contributed by atoms with Gasteiger partial charge in [0.2, 0.25) is 0 Å². The van der Waals surface area contributed by atoms with E-state index in [2.05, 4.69) is 4.74 Å². The van der Waals surface area contributed by atoms with Crippen LogP contribution < -0.4 is 4.74 Å². The number of para-hydroxylation sites is 1. The number of rotatable bonds is 6. The molecule has 1 rings (SSSR count). The van der Waals surface area contributed by atoms with Crippen molar-refractivity contribution < 1.29 is 19.0 Å². The van der Waals surface area contributed by atoms with Crippen LogP contribution in [-0.2, 0) is 14.3 Å². The van der Waals surface area contributed by atoms with Crippen LogP contribution in [0.4, 0.5) is 0 Å². The summed E-state index contributed by atoms with van der Waals surface area (Å²) >= 11 is 0. The zero-order valence-corrected chi connectivity index (χ0v) is 8.64. The molecule has 0 unspecified atom stereocenters. The van der Waals surface area contributed by atoms with Crippen molar-refractivity contribution in [3.8, 4) is 5.75 Å². The number of hydrogen-bond acceptors (Lipinski definition) is 4. The summed E-state index contributed by atoms with van der Waals surface area (Å²) in [6.07, 6.45) is 0. The van der Waals surface area contributed by atoms with Gasteiger partial charge in [0.05, 0.1) is 6.61 Å². The summed E-state index contributed by atoms with van der Waals surface area (Å²) < 4.78 is 14.9. The van der Waals surface area contributed by atoms with E-state index in [4.69, 9.17) is 9.47 Å². The van der Waals surface area contributed by atoms with Gasteiger partial charge < -0.3 is 14.2 Å². The van der Waals surface area contributed by atoms with Crippen molar-refractivity contribution in [3.63, 3.8) is 0 Å². The third-order valence-corrected chi connectivity index (χ3v) is 1.59. The highest BCUT2D eigenvalue weighted by molar-refractivity contribution is 5.65. The molecule has 0 bridgehead atoms. The van der Waals surface area contributed by atoms with E-state index in [9.17, 15) is 4.79 Å². The first-order valence-electron chi connectivity index (χ1n) is 4.68. The highest BCUT2D eigenvalue weighted by atomic mass is 16.7. The zero-order valence-electron chi connectivity index (χ0n) is 8.64. The van der Waals surface area contributed by atoms with Gasteiger partial charge >= 0.3 is 5.97 Å². The van der Waals surface area contributed by atoms with E-state index in [0.717, 1.165) is 5.75 Å². The normalized spacial score (nSPS) is 9.67. The van der Waals surface area contributed by atoms with Crippen molar-refractivity contribution >= 4 is 5.97 Å². The van der Waals surface area contributed by atoms with E-state index in [1.165, 1.54) is 6.92 Å². The Morgan fingerprint density at radius 3 is 2.60 bits per heavy atom. The van der Waals surface area contributed by atoms with Crippen LogP contribution in [0, 0.1) is 0 Å². The first kappa shape index (κ1) is 11.5. The fourth-order valence-electron chi connectivity index (χ4n) is 0.919. The van der Waals surface area contributed by atoms with Crippen LogP contribution in [0.25, 0.3) is 0 Å². The second-order valence-electron chi connectivity index (χ2n) is 2.82. The summed E-state index contributed by atoms with van der Waals surface area (Å²) in [6.45, 7) is 2.14. The van der Waals surface area contributed by atoms with Gasteiger partial charge in [-0.15, -0.1) is 0 Å². The zero-order chi connectivity index (χ0) is 10.9. The maximum absolute atomic E-state index is 10.4. The molecule has 0 saturated carbocycles. The van der Waals surface area contributed by atoms with E-state index >= 15 is 0 Å². The molecular weight excluding hydrogens is 196 g/mol. The van der Waals surface area contributed by atoms with E-state index in [1.54, 1.807) is 0 Å². The topological polar surface area (TPSA) is 44.8 Å². The molecule has 0 heterocycles. The van der Waals surface area contributed by atoms with Gasteiger partial charge in [0.25, 0.3) is 0 Å². The molecule has 0 aliphatic heterocycles. The minimum Gasteiger partial charge on any atom is -0.491 e. The molecule has 0 N–H and O–H groups in total. The Bertz CT molecular complexity index is 284. The molecule has 0 spiro atoms. The summed E-state index contributed by atoms with van der Waals surface area (Å²) in [7, 11) is 0. The molecule has 0 aliphatic rings. The average Bonchev–Trinajstić information content (AvgIpc) is 2.24. The van der Waals surface area contributed by atoms with Crippen molar-refractivity contribution in [1.82, 2.24) is 0 Å². The summed E-state index contributed by atoms with van der Waals surface area (Å²) in [5, 5.41) is 0. The minimum absolute atomic E-state index is 0.0204. The fraction of sp³-hybridized carbons (Fsp3) is 0.364. The second kappa shape index (κ2) is 6.84. The van der Waals surface area contributed by atoms with Crippen molar-refractivity contribution in [2.45, 2.75) is 6.92 Å². The molecule has 0 radical (unpaired) electrons. The molecule has 0 saturated heterocycles. The molecule has 1 aromatic carbocycles. The number of ether oxygens (including phenoxy) is 3. The standard InChI is InChI=1S/C11H14O4/c1-10(12)15-9-13-7-8-14-11-5-3-2-4-6-11/h2-6H,7-9H2,1H3. The Labute approximate surface area is 88.8 Å². The van der Waals surface area contributed by atoms with Crippen molar-refractivity contribution in [1.29, 1.82) is 0 Å².